The van der Waals surface area contributed by atoms with Crippen LogP contribution in [0.5, 0.6) is 0 Å². The first-order chi connectivity index (χ1) is 12.5. The monoisotopic (exact) mass is 349 g/mol. The van der Waals surface area contributed by atoms with Crippen molar-refractivity contribution in [3.05, 3.63) is 64.8 Å². The zero-order valence-electron chi connectivity index (χ0n) is 15.8. The van der Waals surface area contributed by atoms with Crippen LogP contribution < -0.4 is 10.6 Å². The first kappa shape index (κ1) is 18.1. The van der Waals surface area contributed by atoms with Crippen LogP contribution in [0.3, 0.4) is 0 Å². The van der Waals surface area contributed by atoms with Crippen LogP contribution in [0.1, 0.15) is 28.7 Å². The van der Waals surface area contributed by atoms with E-state index in [1.807, 2.05) is 18.3 Å². The van der Waals surface area contributed by atoms with Gasteiger partial charge in [0, 0.05) is 42.3 Å². The summed E-state index contributed by atoms with van der Waals surface area (Å²) < 4.78 is 0. The number of nitrogens with one attached hydrogen (secondary N) is 3. The highest BCUT2D eigenvalue weighted by Gasteiger charge is 2.06. The molecule has 0 atom stereocenters. The number of carbonyl (C=O) groups is 1. The van der Waals surface area contributed by atoms with Gasteiger partial charge in [-0.1, -0.05) is 35.9 Å². The Morgan fingerprint density at radius 1 is 1.04 bits per heavy atom. The lowest BCUT2D eigenvalue weighted by molar-refractivity contribution is -0.120. The number of aromatic amines is 1. The molecule has 136 valence electrons. The molecule has 0 saturated heterocycles. The van der Waals surface area contributed by atoms with Gasteiger partial charge < -0.3 is 15.6 Å². The standard InChI is InChI=1S/C22H27N3O/c1-15-12-16(2)22(17(3)13-15)24-11-9-21(26)23-10-8-18-14-25-20-7-5-4-6-19(18)20/h4-7,12-14,24-25H,8-11H2,1-3H3,(H,23,26). The molecule has 0 fully saturated rings. The minimum Gasteiger partial charge on any atom is -0.384 e. The number of carbonyl (C=O) groups excluding carboxylic acids is 1. The summed E-state index contributed by atoms with van der Waals surface area (Å²) in [6, 6.07) is 12.6. The summed E-state index contributed by atoms with van der Waals surface area (Å²) in [6.07, 6.45) is 3.33. The first-order valence-electron chi connectivity index (χ1n) is 9.18. The SMILES string of the molecule is Cc1cc(C)c(NCCC(=O)NCCc2c[nH]c3ccccc23)c(C)c1. The molecule has 0 saturated carbocycles. The lowest BCUT2D eigenvalue weighted by Gasteiger charge is -2.13. The third-order valence-electron chi connectivity index (χ3n) is 4.72. The molecule has 0 unspecified atom stereocenters. The largest absolute Gasteiger partial charge is 0.384 e. The Labute approximate surface area is 155 Å². The Balaban J connectivity index is 1.44. The molecule has 0 radical (unpaired) electrons. The van der Waals surface area contributed by atoms with E-state index < -0.39 is 0 Å². The van der Waals surface area contributed by atoms with Crippen molar-refractivity contribution in [2.75, 3.05) is 18.4 Å². The first-order valence-corrected chi connectivity index (χ1v) is 9.18. The van der Waals surface area contributed by atoms with Crippen molar-refractivity contribution in [3.8, 4) is 0 Å². The Hall–Kier alpha value is -2.75. The van der Waals surface area contributed by atoms with Crippen molar-refractivity contribution in [2.45, 2.75) is 33.6 Å². The average molecular weight is 349 g/mol. The van der Waals surface area contributed by atoms with E-state index in [4.69, 9.17) is 0 Å². The van der Waals surface area contributed by atoms with Gasteiger partial charge in [0.15, 0.2) is 0 Å². The highest BCUT2D eigenvalue weighted by atomic mass is 16.1. The van der Waals surface area contributed by atoms with Gasteiger partial charge in [-0.05, 0) is 49.9 Å². The number of anilines is 1. The Bertz CT molecular complexity index is 888. The average Bonchev–Trinajstić information content (AvgIpc) is 3.00. The molecular weight excluding hydrogens is 322 g/mol. The molecule has 3 N–H and O–H groups in total. The van der Waals surface area contributed by atoms with Gasteiger partial charge >= 0.3 is 0 Å². The summed E-state index contributed by atoms with van der Waals surface area (Å²) in [7, 11) is 0. The fourth-order valence-corrected chi connectivity index (χ4v) is 3.52. The number of hydrogen-bond acceptors (Lipinski definition) is 2. The van der Waals surface area contributed by atoms with Gasteiger partial charge in [0.05, 0.1) is 0 Å². The zero-order valence-corrected chi connectivity index (χ0v) is 15.8. The fourth-order valence-electron chi connectivity index (χ4n) is 3.52. The van der Waals surface area contributed by atoms with Crippen molar-refractivity contribution < 1.29 is 4.79 Å². The van der Waals surface area contributed by atoms with E-state index >= 15 is 0 Å². The Kier molecular flexibility index (Phi) is 5.61. The van der Waals surface area contributed by atoms with Gasteiger partial charge in [-0.3, -0.25) is 4.79 Å². The van der Waals surface area contributed by atoms with Crippen LogP contribution in [0.15, 0.2) is 42.6 Å². The molecule has 2 aromatic carbocycles. The predicted molar refractivity (Wildman–Crippen MR) is 109 cm³/mol. The number of para-hydroxylation sites is 1. The number of fused-ring (bicyclic) bond motifs is 1. The van der Waals surface area contributed by atoms with Crippen LogP contribution >= 0.6 is 0 Å². The number of aromatic nitrogens is 1. The van der Waals surface area contributed by atoms with E-state index in [1.165, 1.54) is 27.6 Å². The van der Waals surface area contributed by atoms with Crippen LogP contribution in [-0.2, 0) is 11.2 Å². The number of H-pyrrole nitrogens is 1. The van der Waals surface area contributed by atoms with Gasteiger partial charge in [0.1, 0.15) is 0 Å². The lowest BCUT2D eigenvalue weighted by Crippen LogP contribution is -2.27. The minimum absolute atomic E-state index is 0.0831. The summed E-state index contributed by atoms with van der Waals surface area (Å²) >= 11 is 0. The molecular formula is C22H27N3O. The smallest absolute Gasteiger partial charge is 0.221 e. The fraction of sp³-hybridized carbons (Fsp3) is 0.318. The van der Waals surface area contributed by atoms with Crippen molar-refractivity contribution in [2.24, 2.45) is 0 Å². The highest BCUT2D eigenvalue weighted by Crippen LogP contribution is 2.21. The quantitative estimate of drug-likeness (QED) is 0.597. The number of rotatable bonds is 7. The van der Waals surface area contributed by atoms with Crippen molar-refractivity contribution >= 4 is 22.5 Å². The third kappa shape index (κ3) is 4.26. The van der Waals surface area contributed by atoms with Gasteiger partial charge in [0.25, 0.3) is 0 Å². The summed E-state index contributed by atoms with van der Waals surface area (Å²) in [6.45, 7) is 7.60. The van der Waals surface area contributed by atoms with Gasteiger partial charge in [0.2, 0.25) is 5.91 Å². The number of amides is 1. The van der Waals surface area contributed by atoms with Crippen LogP contribution in [0.4, 0.5) is 5.69 Å². The predicted octanol–water partition coefficient (Wildman–Crippen LogP) is 4.25. The second-order valence-corrected chi connectivity index (χ2v) is 6.91. The molecule has 0 spiro atoms. The maximum Gasteiger partial charge on any atom is 0.221 e. The molecule has 26 heavy (non-hydrogen) atoms. The third-order valence-corrected chi connectivity index (χ3v) is 4.72. The highest BCUT2D eigenvalue weighted by molar-refractivity contribution is 5.83. The number of hydrogen-bond donors (Lipinski definition) is 3. The zero-order chi connectivity index (χ0) is 18.5. The lowest BCUT2D eigenvalue weighted by atomic mass is 10.1. The Morgan fingerprint density at radius 3 is 2.54 bits per heavy atom. The molecule has 0 aliphatic carbocycles. The molecule has 4 nitrogen and oxygen atoms in total. The van der Waals surface area contributed by atoms with Gasteiger partial charge in [-0.2, -0.15) is 0 Å². The van der Waals surface area contributed by atoms with Crippen LogP contribution in [0.25, 0.3) is 10.9 Å². The molecule has 1 heterocycles. The van der Waals surface area contributed by atoms with Crippen molar-refractivity contribution in [1.82, 2.24) is 10.3 Å². The minimum atomic E-state index is 0.0831. The topological polar surface area (TPSA) is 56.9 Å². The summed E-state index contributed by atoms with van der Waals surface area (Å²) in [4.78, 5) is 15.4. The van der Waals surface area contributed by atoms with Crippen LogP contribution in [0.2, 0.25) is 0 Å². The van der Waals surface area contributed by atoms with E-state index in [0.717, 1.165) is 17.6 Å². The summed E-state index contributed by atoms with van der Waals surface area (Å²) in [5.41, 5.74) is 7.24. The van der Waals surface area contributed by atoms with Gasteiger partial charge in [-0.15, -0.1) is 0 Å². The number of aryl methyl sites for hydroxylation is 3. The summed E-state index contributed by atoms with van der Waals surface area (Å²) in [5, 5.41) is 7.65. The Morgan fingerprint density at radius 2 is 1.77 bits per heavy atom. The second-order valence-electron chi connectivity index (χ2n) is 6.91. The molecule has 1 aromatic heterocycles. The molecule has 0 aliphatic heterocycles. The van der Waals surface area contributed by atoms with Crippen LogP contribution in [-0.4, -0.2) is 24.0 Å². The molecule has 3 aromatic rings. The van der Waals surface area contributed by atoms with Crippen molar-refractivity contribution in [3.63, 3.8) is 0 Å². The van der Waals surface area contributed by atoms with Gasteiger partial charge in [-0.25, -0.2) is 0 Å². The van der Waals surface area contributed by atoms with E-state index in [9.17, 15) is 4.79 Å². The normalized spacial score (nSPS) is 10.9. The molecule has 1 amide bonds. The maximum atomic E-state index is 12.1. The van der Waals surface area contributed by atoms with Crippen LogP contribution in [0, 0.1) is 20.8 Å². The van der Waals surface area contributed by atoms with E-state index in [2.05, 4.69) is 60.7 Å². The maximum absolute atomic E-state index is 12.1. The molecule has 3 rings (SSSR count). The molecule has 4 heteroatoms. The van der Waals surface area contributed by atoms with E-state index in [1.54, 1.807) is 0 Å². The van der Waals surface area contributed by atoms with E-state index in [0.29, 0.717) is 19.5 Å². The van der Waals surface area contributed by atoms with Crippen molar-refractivity contribution in [1.29, 1.82) is 0 Å². The molecule has 0 aliphatic rings. The molecule has 0 bridgehead atoms. The second kappa shape index (κ2) is 8.09. The van der Waals surface area contributed by atoms with E-state index in [-0.39, 0.29) is 5.91 Å². The number of benzene rings is 2. The summed E-state index contributed by atoms with van der Waals surface area (Å²) in [5.74, 6) is 0.0831.